The van der Waals surface area contributed by atoms with Gasteiger partial charge < -0.3 is 15.4 Å². The average Bonchev–Trinajstić information content (AvgIpc) is 2.50. The van der Waals surface area contributed by atoms with Crippen LogP contribution in [0.15, 0.2) is 18.2 Å². The highest BCUT2D eigenvalue weighted by Crippen LogP contribution is 2.28. The number of halogens is 1. The first-order valence-corrected chi connectivity index (χ1v) is 7.98. The zero-order valence-electron chi connectivity index (χ0n) is 12.6. The van der Waals surface area contributed by atoms with Gasteiger partial charge in [0.1, 0.15) is 5.75 Å². The number of hydrogen-bond acceptors (Lipinski definition) is 3. The average molecular weight is 311 g/mol. The molecule has 21 heavy (non-hydrogen) atoms. The first kappa shape index (κ1) is 16.1. The summed E-state index contributed by atoms with van der Waals surface area (Å²) in [6.45, 7) is 5.55. The van der Waals surface area contributed by atoms with E-state index in [1.165, 1.54) is 0 Å². The summed E-state index contributed by atoms with van der Waals surface area (Å²) in [5, 5.41) is 6.72. The fourth-order valence-electron chi connectivity index (χ4n) is 2.65. The molecule has 2 N–H and O–H groups in total. The van der Waals surface area contributed by atoms with Crippen LogP contribution in [0.5, 0.6) is 5.75 Å². The SMILES string of the molecule is CCOc1ccc(NC(=O)C2CC(CC)CCN2)cc1Cl. The molecule has 0 saturated carbocycles. The van der Waals surface area contributed by atoms with Crippen molar-refractivity contribution in [2.24, 2.45) is 5.92 Å². The van der Waals surface area contributed by atoms with E-state index in [2.05, 4.69) is 17.6 Å². The number of rotatable bonds is 5. The normalized spacial score (nSPS) is 21.9. The first-order valence-electron chi connectivity index (χ1n) is 7.60. The smallest absolute Gasteiger partial charge is 0.241 e. The van der Waals surface area contributed by atoms with Gasteiger partial charge in [-0.3, -0.25) is 4.79 Å². The molecule has 1 aliphatic heterocycles. The second kappa shape index (κ2) is 7.66. The van der Waals surface area contributed by atoms with Gasteiger partial charge in [-0.05, 0) is 50.4 Å². The van der Waals surface area contributed by atoms with Crippen LogP contribution in [0, 0.1) is 5.92 Å². The van der Waals surface area contributed by atoms with Crippen LogP contribution in [0.1, 0.15) is 33.1 Å². The van der Waals surface area contributed by atoms with Crippen molar-refractivity contribution in [1.82, 2.24) is 5.32 Å². The van der Waals surface area contributed by atoms with Crippen molar-refractivity contribution in [3.63, 3.8) is 0 Å². The molecule has 1 saturated heterocycles. The largest absolute Gasteiger partial charge is 0.492 e. The summed E-state index contributed by atoms with van der Waals surface area (Å²) in [6, 6.07) is 5.21. The Morgan fingerprint density at radius 3 is 2.95 bits per heavy atom. The molecule has 1 aromatic rings. The van der Waals surface area contributed by atoms with E-state index < -0.39 is 0 Å². The maximum atomic E-state index is 12.3. The molecule has 0 radical (unpaired) electrons. The third kappa shape index (κ3) is 4.35. The van der Waals surface area contributed by atoms with Crippen LogP contribution in [0.2, 0.25) is 5.02 Å². The molecular formula is C16H23ClN2O2. The topological polar surface area (TPSA) is 50.4 Å². The fourth-order valence-corrected chi connectivity index (χ4v) is 2.88. The monoisotopic (exact) mass is 310 g/mol. The molecule has 0 aromatic heterocycles. The molecule has 116 valence electrons. The summed E-state index contributed by atoms with van der Waals surface area (Å²) in [7, 11) is 0. The lowest BCUT2D eigenvalue weighted by atomic mass is 9.90. The van der Waals surface area contributed by atoms with Gasteiger partial charge >= 0.3 is 0 Å². The summed E-state index contributed by atoms with van der Waals surface area (Å²) in [6.07, 6.45) is 3.17. The number of benzene rings is 1. The van der Waals surface area contributed by atoms with Gasteiger partial charge in [-0.15, -0.1) is 0 Å². The lowest BCUT2D eigenvalue weighted by molar-refractivity contribution is -0.119. The lowest BCUT2D eigenvalue weighted by Crippen LogP contribution is -2.46. The van der Waals surface area contributed by atoms with Crippen molar-refractivity contribution in [1.29, 1.82) is 0 Å². The quantitative estimate of drug-likeness (QED) is 0.875. The zero-order chi connectivity index (χ0) is 15.2. The summed E-state index contributed by atoms with van der Waals surface area (Å²) >= 11 is 6.13. The minimum atomic E-state index is -0.117. The summed E-state index contributed by atoms with van der Waals surface area (Å²) < 4.78 is 5.38. The highest BCUT2D eigenvalue weighted by atomic mass is 35.5. The summed E-state index contributed by atoms with van der Waals surface area (Å²) in [5.74, 6) is 1.28. The van der Waals surface area contributed by atoms with Gasteiger partial charge in [0, 0.05) is 5.69 Å². The Morgan fingerprint density at radius 2 is 2.29 bits per heavy atom. The van der Waals surface area contributed by atoms with Gasteiger partial charge in [0.05, 0.1) is 17.7 Å². The van der Waals surface area contributed by atoms with E-state index in [0.717, 1.165) is 25.8 Å². The fraction of sp³-hybridized carbons (Fsp3) is 0.562. The number of carbonyl (C=O) groups excluding carboxylic acids is 1. The van der Waals surface area contributed by atoms with Crippen LogP contribution in [-0.4, -0.2) is 25.1 Å². The first-order chi connectivity index (χ1) is 10.1. The van der Waals surface area contributed by atoms with E-state index in [-0.39, 0.29) is 11.9 Å². The van der Waals surface area contributed by atoms with Crippen LogP contribution < -0.4 is 15.4 Å². The number of hydrogen-bond donors (Lipinski definition) is 2. The lowest BCUT2D eigenvalue weighted by Gasteiger charge is -2.28. The molecule has 5 heteroatoms. The maximum Gasteiger partial charge on any atom is 0.241 e. The number of amides is 1. The second-order valence-corrected chi connectivity index (χ2v) is 5.78. The van der Waals surface area contributed by atoms with Crippen LogP contribution in [0.3, 0.4) is 0 Å². The van der Waals surface area contributed by atoms with Crippen molar-refractivity contribution in [3.05, 3.63) is 23.2 Å². The molecule has 0 bridgehead atoms. The minimum Gasteiger partial charge on any atom is -0.492 e. The molecular weight excluding hydrogens is 288 g/mol. The summed E-state index contributed by atoms with van der Waals surface area (Å²) in [4.78, 5) is 12.3. The Hall–Kier alpha value is -1.26. The number of piperidine rings is 1. The van der Waals surface area contributed by atoms with Crippen LogP contribution in [0.25, 0.3) is 0 Å². The Kier molecular flexibility index (Phi) is 5.88. The van der Waals surface area contributed by atoms with Crippen molar-refractivity contribution in [2.75, 3.05) is 18.5 Å². The molecule has 0 spiro atoms. The van der Waals surface area contributed by atoms with Crippen molar-refractivity contribution in [3.8, 4) is 5.75 Å². The molecule has 1 heterocycles. The van der Waals surface area contributed by atoms with Crippen molar-refractivity contribution in [2.45, 2.75) is 39.2 Å². The number of nitrogens with one attached hydrogen (secondary N) is 2. The van der Waals surface area contributed by atoms with Gasteiger partial charge in [-0.2, -0.15) is 0 Å². The predicted octanol–water partition coefficient (Wildman–Crippen LogP) is 3.46. The molecule has 4 nitrogen and oxygen atoms in total. The predicted molar refractivity (Wildman–Crippen MR) is 86.1 cm³/mol. The van der Waals surface area contributed by atoms with E-state index >= 15 is 0 Å². The molecule has 2 rings (SSSR count). The maximum absolute atomic E-state index is 12.3. The second-order valence-electron chi connectivity index (χ2n) is 5.37. The number of carbonyl (C=O) groups is 1. The number of ether oxygens (including phenoxy) is 1. The zero-order valence-corrected chi connectivity index (χ0v) is 13.4. The Balaban J connectivity index is 1.97. The van der Waals surface area contributed by atoms with Gasteiger partial charge in [0.2, 0.25) is 5.91 Å². The molecule has 1 aliphatic rings. The Morgan fingerprint density at radius 1 is 1.48 bits per heavy atom. The van der Waals surface area contributed by atoms with Crippen molar-refractivity contribution < 1.29 is 9.53 Å². The van der Waals surface area contributed by atoms with Gasteiger partial charge in [0.25, 0.3) is 0 Å². The Labute approximate surface area is 131 Å². The highest BCUT2D eigenvalue weighted by Gasteiger charge is 2.25. The van der Waals surface area contributed by atoms with Gasteiger partial charge in [-0.25, -0.2) is 0 Å². The molecule has 2 atom stereocenters. The van der Waals surface area contributed by atoms with E-state index in [1.807, 2.05) is 13.0 Å². The molecule has 1 aromatic carbocycles. The Bertz CT molecular complexity index is 493. The van der Waals surface area contributed by atoms with E-state index in [0.29, 0.717) is 29.0 Å². The third-order valence-electron chi connectivity index (χ3n) is 3.91. The molecule has 2 unspecified atom stereocenters. The highest BCUT2D eigenvalue weighted by molar-refractivity contribution is 6.32. The van der Waals surface area contributed by atoms with Gasteiger partial charge in [-0.1, -0.05) is 24.9 Å². The van der Waals surface area contributed by atoms with E-state index in [9.17, 15) is 4.79 Å². The van der Waals surface area contributed by atoms with Crippen LogP contribution >= 0.6 is 11.6 Å². The van der Waals surface area contributed by atoms with E-state index in [1.54, 1.807) is 12.1 Å². The van der Waals surface area contributed by atoms with E-state index in [4.69, 9.17) is 16.3 Å². The third-order valence-corrected chi connectivity index (χ3v) is 4.20. The van der Waals surface area contributed by atoms with Crippen LogP contribution in [-0.2, 0) is 4.79 Å². The van der Waals surface area contributed by atoms with Crippen LogP contribution in [0.4, 0.5) is 5.69 Å². The molecule has 1 fully saturated rings. The standard InChI is InChI=1S/C16H23ClN2O2/c1-3-11-7-8-18-14(9-11)16(20)19-12-5-6-15(21-4-2)13(17)10-12/h5-6,10-11,14,18H,3-4,7-9H2,1-2H3,(H,19,20). The minimum absolute atomic E-state index is 0.00776. The van der Waals surface area contributed by atoms with Gasteiger partial charge in [0.15, 0.2) is 0 Å². The molecule has 1 amide bonds. The molecule has 0 aliphatic carbocycles. The number of anilines is 1. The summed E-state index contributed by atoms with van der Waals surface area (Å²) in [5.41, 5.74) is 0.703. The van der Waals surface area contributed by atoms with Crippen molar-refractivity contribution >= 4 is 23.2 Å².